The molecular formula is C26H34Cl2N2O4. The second kappa shape index (κ2) is 13.0. The number of phenolic OH excluding ortho intramolecular Hbond substituents is 2. The van der Waals surface area contributed by atoms with Gasteiger partial charge in [0, 0.05) is 24.7 Å². The number of aromatic hydroxyl groups is 2. The van der Waals surface area contributed by atoms with E-state index in [1.165, 1.54) is 56.1 Å². The molecule has 186 valence electrons. The Morgan fingerprint density at radius 2 is 1.68 bits per heavy atom. The number of benzene rings is 2. The number of likely N-dealkylation sites (tertiary alicyclic amines) is 1. The molecule has 8 heteroatoms. The van der Waals surface area contributed by atoms with Gasteiger partial charge < -0.3 is 24.4 Å². The lowest BCUT2D eigenvalue weighted by atomic mass is 10.1. The Bertz CT molecular complexity index is 1110. The van der Waals surface area contributed by atoms with E-state index in [-0.39, 0.29) is 47.0 Å². The molecule has 0 saturated carbocycles. The smallest absolute Gasteiger partial charge is 0.201 e. The van der Waals surface area contributed by atoms with Gasteiger partial charge in [-0.3, -0.25) is 4.79 Å². The Morgan fingerprint density at radius 1 is 0.971 bits per heavy atom. The van der Waals surface area contributed by atoms with E-state index in [1.54, 1.807) is 0 Å². The molecule has 2 N–H and O–H groups in total. The fraction of sp³-hybridized carbons (Fsp3) is 0.423. The zero-order valence-electron chi connectivity index (χ0n) is 19.5. The third kappa shape index (κ3) is 6.89. The Labute approximate surface area is 213 Å². The molecule has 1 saturated heterocycles. The average Bonchev–Trinajstić information content (AvgIpc) is 2.81. The number of hydrogen-bond acceptors (Lipinski definition) is 6. The number of piperidine rings is 1. The summed E-state index contributed by atoms with van der Waals surface area (Å²) >= 11 is 0. The lowest BCUT2D eigenvalue weighted by Crippen LogP contribution is -2.36. The van der Waals surface area contributed by atoms with Gasteiger partial charge in [0.1, 0.15) is 5.76 Å². The van der Waals surface area contributed by atoms with Crippen LogP contribution < -0.4 is 5.43 Å². The maximum absolute atomic E-state index is 12.4. The summed E-state index contributed by atoms with van der Waals surface area (Å²) in [6.07, 6.45) is 6.14. The zero-order chi connectivity index (χ0) is 22.5. The molecule has 4 rings (SSSR count). The van der Waals surface area contributed by atoms with Gasteiger partial charge in [-0.15, -0.1) is 24.8 Å². The number of likely N-dealkylation sites (N-methyl/N-ethyl adjacent to an activating group) is 1. The first-order chi connectivity index (χ1) is 15.5. The number of halogens is 2. The molecule has 2 heterocycles. The van der Waals surface area contributed by atoms with Crippen molar-refractivity contribution in [2.24, 2.45) is 0 Å². The normalized spacial score (nSPS) is 14.1. The third-order valence-corrected chi connectivity index (χ3v) is 6.34. The van der Waals surface area contributed by atoms with Crippen molar-refractivity contribution in [1.82, 2.24) is 9.80 Å². The van der Waals surface area contributed by atoms with Crippen LogP contribution in [0.15, 0.2) is 51.7 Å². The highest BCUT2D eigenvalue weighted by Crippen LogP contribution is 2.34. The lowest BCUT2D eigenvalue weighted by Gasteiger charge is -2.28. The summed E-state index contributed by atoms with van der Waals surface area (Å²) < 4.78 is 5.75. The van der Waals surface area contributed by atoms with Crippen LogP contribution in [0, 0.1) is 0 Å². The summed E-state index contributed by atoms with van der Waals surface area (Å²) in [5.74, 6) is -0.357. The van der Waals surface area contributed by atoms with E-state index < -0.39 is 5.75 Å². The summed E-state index contributed by atoms with van der Waals surface area (Å²) in [6, 6.07) is 12.1. The molecule has 34 heavy (non-hydrogen) atoms. The first-order valence-electron chi connectivity index (χ1n) is 11.5. The Balaban J connectivity index is 0.00000204. The van der Waals surface area contributed by atoms with Gasteiger partial charge in [0.2, 0.25) is 5.75 Å². The molecular weight excluding hydrogens is 475 g/mol. The van der Waals surface area contributed by atoms with Crippen molar-refractivity contribution in [1.29, 1.82) is 0 Å². The maximum atomic E-state index is 12.4. The van der Waals surface area contributed by atoms with E-state index in [1.807, 2.05) is 12.1 Å². The predicted molar refractivity (Wildman–Crippen MR) is 142 cm³/mol. The summed E-state index contributed by atoms with van der Waals surface area (Å²) in [6.45, 7) is 5.84. The number of fused-ring (bicyclic) bond motifs is 1. The Hall–Kier alpha value is -2.25. The molecule has 1 fully saturated rings. The van der Waals surface area contributed by atoms with Crippen LogP contribution in [0.5, 0.6) is 11.5 Å². The van der Waals surface area contributed by atoms with Gasteiger partial charge in [-0.25, -0.2) is 0 Å². The van der Waals surface area contributed by atoms with Crippen LogP contribution in [0.3, 0.4) is 0 Å². The highest BCUT2D eigenvalue weighted by Gasteiger charge is 2.14. The minimum Gasteiger partial charge on any atom is -0.504 e. The molecule has 6 nitrogen and oxygen atoms in total. The molecule has 2 aromatic carbocycles. The summed E-state index contributed by atoms with van der Waals surface area (Å²) in [4.78, 5) is 17.4. The van der Waals surface area contributed by atoms with E-state index >= 15 is 0 Å². The van der Waals surface area contributed by atoms with Crippen LogP contribution in [-0.4, -0.2) is 59.8 Å². The number of aryl methyl sites for hydroxylation is 1. The van der Waals surface area contributed by atoms with E-state index in [0.29, 0.717) is 5.76 Å². The minimum absolute atomic E-state index is 0. The SMILES string of the molecule is CN(CCCc1ccc(-c2cc(=O)c3ccc(O)c(O)c3o2)cc1)CCN1CCCCC1.Cl.Cl. The second-order valence-corrected chi connectivity index (χ2v) is 8.79. The van der Waals surface area contributed by atoms with Gasteiger partial charge in [-0.1, -0.05) is 30.7 Å². The maximum Gasteiger partial charge on any atom is 0.201 e. The van der Waals surface area contributed by atoms with Crippen molar-refractivity contribution >= 4 is 35.8 Å². The van der Waals surface area contributed by atoms with Crippen LogP contribution in [0.4, 0.5) is 0 Å². The van der Waals surface area contributed by atoms with E-state index in [0.717, 1.165) is 38.0 Å². The van der Waals surface area contributed by atoms with Crippen molar-refractivity contribution in [2.45, 2.75) is 32.1 Å². The van der Waals surface area contributed by atoms with E-state index in [9.17, 15) is 15.0 Å². The van der Waals surface area contributed by atoms with Crippen LogP contribution in [0.1, 0.15) is 31.2 Å². The fourth-order valence-electron chi connectivity index (χ4n) is 4.33. The number of rotatable bonds is 8. The van der Waals surface area contributed by atoms with Gasteiger partial charge >= 0.3 is 0 Å². The summed E-state index contributed by atoms with van der Waals surface area (Å²) in [5, 5.41) is 20.0. The first-order valence-corrected chi connectivity index (χ1v) is 11.5. The third-order valence-electron chi connectivity index (χ3n) is 6.34. The molecule has 0 unspecified atom stereocenters. The van der Waals surface area contributed by atoms with Crippen molar-refractivity contribution in [3.05, 3.63) is 58.3 Å². The van der Waals surface area contributed by atoms with Gasteiger partial charge in [0.25, 0.3) is 0 Å². The molecule has 1 aliphatic heterocycles. The predicted octanol–water partition coefficient (Wildman–Crippen LogP) is 5.07. The second-order valence-electron chi connectivity index (χ2n) is 8.79. The standard InChI is InChI=1S/C26H32N2O4.2ClH/c1-27(16-17-28-14-3-2-4-15-28)13-5-6-19-7-9-20(10-8-19)24-18-23(30)21-11-12-22(29)25(31)26(21)32-24;;/h7-12,18,29,31H,2-6,13-17H2,1H3;2*1H. The van der Waals surface area contributed by atoms with Crippen molar-refractivity contribution < 1.29 is 14.6 Å². The largest absolute Gasteiger partial charge is 0.504 e. The first kappa shape index (κ1) is 28.0. The molecule has 0 atom stereocenters. The molecule has 0 bridgehead atoms. The zero-order valence-corrected chi connectivity index (χ0v) is 21.2. The monoisotopic (exact) mass is 508 g/mol. The molecule has 0 aliphatic carbocycles. The molecule has 1 aliphatic rings. The van der Waals surface area contributed by atoms with Gasteiger partial charge in [-0.2, -0.15) is 0 Å². The Morgan fingerprint density at radius 3 is 2.38 bits per heavy atom. The van der Waals surface area contributed by atoms with Crippen LogP contribution in [-0.2, 0) is 6.42 Å². The number of nitrogens with zero attached hydrogens (tertiary/aromatic N) is 2. The molecule has 1 aromatic heterocycles. The molecule has 0 spiro atoms. The minimum atomic E-state index is -0.414. The Kier molecular flexibility index (Phi) is 10.7. The summed E-state index contributed by atoms with van der Waals surface area (Å²) in [5.41, 5.74) is 1.74. The van der Waals surface area contributed by atoms with Crippen molar-refractivity contribution in [3.8, 4) is 22.8 Å². The van der Waals surface area contributed by atoms with Gasteiger partial charge in [-0.05, 0) is 70.1 Å². The van der Waals surface area contributed by atoms with Crippen LogP contribution >= 0.6 is 24.8 Å². The van der Waals surface area contributed by atoms with Crippen LogP contribution in [0.2, 0.25) is 0 Å². The highest BCUT2D eigenvalue weighted by atomic mass is 35.5. The van der Waals surface area contributed by atoms with E-state index in [2.05, 4.69) is 29.0 Å². The fourth-order valence-corrected chi connectivity index (χ4v) is 4.33. The van der Waals surface area contributed by atoms with Gasteiger partial charge in [0.05, 0.1) is 5.39 Å². The highest BCUT2D eigenvalue weighted by molar-refractivity contribution is 5.86. The molecule has 0 radical (unpaired) electrons. The van der Waals surface area contributed by atoms with Crippen molar-refractivity contribution in [2.75, 3.05) is 39.8 Å². The van der Waals surface area contributed by atoms with E-state index in [4.69, 9.17) is 4.42 Å². The quantitative estimate of drug-likeness (QED) is 0.413. The van der Waals surface area contributed by atoms with Crippen molar-refractivity contribution in [3.63, 3.8) is 0 Å². The number of hydrogen-bond donors (Lipinski definition) is 2. The van der Waals surface area contributed by atoms with Crippen LogP contribution in [0.25, 0.3) is 22.3 Å². The topological polar surface area (TPSA) is 77.2 Å². The molecule has 0 amide bonds. The average molecular weight is 509 g/mol. The summed E-state index contributed by atoms with van der Waals surface area (Å²) in [7, 11) is 2.20. The number of phenols is 2. The lowest BCUT2D eigenvalue weighted by molar-refractivity contribution is 0.196. The van der Waals surface area contributed by atoms with Gasteiger partial charge in [0.15, 0.2) is 16.8 Å². The molecule has 3 aromatic rings.